The zero-order valence-corrected chi connectivity index (χ0v) is 11.3. The first kappa shape index (κ1) is 14.9. The Bertz CT molecular complexity index is 613. The fourth-order valence-corrected chi connectivity index (χ4v) is 2.83. The van der Waals surface area contributed by atoms with Gasteiger partial charge in [0.2, 0.25) is 5.09 Å². The van der Waals surface area contributed by atoms with E-state index in [2.05, 4.69) is 4.72 Å². The van der Waals surface area contributed by atoms with Gasteiger partial charge in [0, 0.05) is 12.8 Å². The summed E-state index contributed by atoms with van der Waals surface area (Å²) in [6.07, 6.45) is 1.63. The second kappa shape index (κ2) is 5.63. The molecule has 0 fully saturated rings. The molecule has 0 amide bonds. The van der Waals surface area contributed by atoms with E-state index in [1.807, 2.05) is 0 Å². The predicted molar refractivity (Wildman–Crippen MR) is 63.6 cm³/mol. The lowest BCUT2D eigenvalue weighted by atomic mass is 10.5. The summed E-state index contributed by atoms with van der Waals surface area (Å²) >= 11 is 0. The monoisotopic (exact) mass is 295 g/mol. The Labute approximate surface area is 105 Å². The van der Waals surface area contributed by atoms with Gasteiger partial charge in [-0.15, -0.1) is 0 Å². The van der Waals surface area contributed by atoms with Gasteiger partial charge < -0.3 is 4.42 Å². The van der Waals surface area contributed by atoms with Gasteiger partial charge in [0.05, 0.1) is 5.75 Å². The Morgan fingerprint density at radius 1 is 1.28 bits per heavy atom. The number of furan rings is 1. The molecule has 0 saturated heterocycles. The van der Waals surface area contributed by atoms with Gasteiger partial charge in [-0.05, 0) is 18.6 Å². The van der Waals surface area contributed by atoms with Gasteiger partial charge in [0.15, 0.2) is 12.0 Å². The molecule has 0 spiro atoms. The minimum Gasteiger partial charge on any atom is -0.440 e. The number of carbonyl (C=O) groups is 1. The summed E-state index contributed by atoms with van der Waals surface area (Å²) in [5, 5.41) is -0.371. The highest BCUT2D eigenvalue weighted by Gasteiger charge is 2.18. The van der Waals surface area contributed by atoms with Crippen LogP contribution < -0.4 is 4.72 Å². The number of aldehydes is 1. The minimum absolute atomic E-state index is 0.0213. The summed E-state index contributed by atoms with van der Waals surface area (Å²) in [6.45, 7) is -0.0213. The van der Waals surface area contributed by atoms with E-state index >= 15 is 0 Å². The molecule has 1 rings (SSSR count). The van der Waals surface area contributed by atoms with E-state index in [-0.39, 0.29) is 29.6 Å². The van der Waals surface area contributed by atoms with Gasteiger partial charge in [0.25, 0.3) is 10.0 Å². The summed E-state index contributed by atoms with van der Waals surface area (Å²) in [4.78, 5) is 10.3. The molecule has 7 nitrogen and oxygen atoms in total. The van der Waals surface area contributed by atoms with E-state index in [9.17, 15) is 21.6 Å². The van der Waals surface area contributed by atoms with Gasteiger partial charge >= 0.3 is 0 Å². The highest BCUT2D eigenvalue weighted by molar-refractivity contribution is 7.90. The standard InChI is InChI=1S/C9H13NO6S2/c1-17(12,13)6-2-5-10-18(14,15)9-4-3-8(7-11)16-9/h3-4,7,10H,2,5-6H2,1H3. The number of sulfone groups is 1. The molecule has 1 aromatic heterocycles. The third-order valence-electron chi connectivity index (χ3n) is 1.97. The van der Waals surface area contributed by atoms with Gasteiger partial charge in [-0.25, -0.2) is 21.6 Å². The topological polar surface area (TPSA) is 111 Å². The van der Waals surface area contributed by atoms with Gasteiger partial charge in [-0.2, -0.15) is 0 Å². The van der Waals surface area contributed by atoms with Crippen molar-refractivity contribution in [2.24, 2.45) is 0 Å². The quantitative estimate of drug-likeness (QED) is 0.551. The van der Waals surface area contributed by atoms with Crippen molar-refractivity contribution in [2.45, 2.75) is 11.5 Å². The van der Waals surface area contributed by atoms with Crippen LogP contribution in [0.1, 0.15) is 17.0 Å². The van der Waals surface area contributed by atoms with Crippen molar-refractivity contribution in [2.75, 3.05) is 18.6 Å². The first-order valence-electron chi connectivity index (χ1n) is 4.97. The maximum atomic E-state index is 11.6. The van der Waals surface area contributed by atoms with Gasteiger partial charge in [-0.3, -0.25) is 4.79 Å². The highest BCUT2D eigenvalue weighted by Crippen LogP contribution is 2.12. The molecule has 0 atom stereocenters. The van der Waals surface area contributed by atoms with Crippen LogP contribution in [0.3, 0.4) is 0 Å². The van der Waals surface area contributed by atoms with Crippen molar-refractivity contribution in [1.82, 2.24) is 4.72 Å². The SMILES string of the molecule is CS(=O)(=O)CCCNS(=O)(=O)c1ccc(C=O)o1. The average molecular weight is 295 g/mol. The zero-order valence-electron chi connectivity index (χ0n) is 9.62. The molecule has 0 saturated carbocycles. The summed E-state index contributed by atoms with van der Waals surface area (Å²) in [7, 11) is -6.95. The molecule has 0 radical (unpaired) electrons. The largest absolute Gasteiger partial charge is 0.440 e. The molecule has 1 heterocycles. The Balaban J connectivity index is 2.58. The number of hydrogen-bond acceptors (Lipinski definition) is 6. The number of sulfonamides is 1. The van der Waals surface area contributed by atoms with Crippen LogP contribution in [-0.4, -0.2) is 41.7 Å². The van der Waals surface area contributed by atoms with Gasteiger partial charge in [-0.1, -0.05) is 0 Å². The summed E-state index contributed by atoms with van der Waals surface area (Å²) in [5.74, 6) is -0.195. The van der Waals surface area contributed by atoms with Crippen molar-refractivity contribution in [1.29, 1.82) is 0 Å². The third-order valence-corrected chi connectivity index (χ3v) is 4.33. The predicted octanol–water partition coefficient (Wildman–Crippen LogP) is -0.195. The van der Waals surface area contributed by atoms with Crippen LogP contribution in [0, 0.1) is 0 Å². The van der Waals surface area contributed by atoms with E-state index in [0.29, 0.717) is 6.29 Å². The Morgan fingerprint density at radius 2 is 1.94 bits per heavy atom. The number of hydrogen-bond donors (Lipinski definition) is 1. The molecule has 1 N–H and O–H groups in total. The van der Waals surface area contributed by atoms with E-state index in [4.69, 9.17) is 4.42 Å². The molecule has 9 heteroatoms. The molecule has 0 aliphatic heterocycles. The third kappa shape index (κ3) is 4.59. The Morgan fingerprint density at radius 3 is 2.44 bits per heavy atom. The lowest BCUT2D eigenvalue weighted by Gasteiger charge is -2.03. The molecule has 1 aromatic rings. The van der Waals surface area contributed by atoms with Gasteiger partial charge in [0.1, 0.15) is 9.84 Å². The molecule has 0 aliphatic carbocycles. The van der Waals surface area contributed by atoms with Crippen LogP contribution in [0.15, 0.2) is 21.6 Å². The van der Waals surface area contributed by atoms with Crippen LogP contribution in [0.5, 0.6) is 0 Å². The first-order chi connectivity index (χ1) is 8.24. The average Bonchev–Trinajstić information content (AvgIpc) is 2.72. The smallest absolute Gasteiger partial charge is 0.273 e. The molecule has 18 heavy (non-hydrogen) atoms. The fraction of sp³-hybridized carbons (Fsp3) is 0.444. The number of nitrogens with one attached hydrogen (secondary N) is 1. The van der Waals surface area contributed by atoms with Crippen LogP contribution in [0.4, 0.5) is 0 Å². The Hall–Kier alpha value is -1.19. The summed E-state index contributed by atoms with van der Waals surface area (Å²) in [6, 6.07) is 2.39. The lowest BCUT2D eigenvalue weighted by molar-refractivity contribution is 0.109. The normalized spacial score (nSPS) is 12.5. The van der Waals surface area contributed by atoms with Crippen LogP contribution >= 0.6 is 0 Å². The highest BCUT2D eigenvalue weighted by atomic mass is 32.2. The lowest BCUT2D eigenvalue weighted by Crippen LogP contribution is -2.25. The van der Waals surface area contributed by atoms with Crippen LogP contribution in [0.2, 0.25) is 0 Å². The maximum Gasteiger partial charge on any atom is 0.273 e. The second-order valence-electron chi connectivity index (χ2n) is 3.66. The van der Waals surface area contributed by atoms with Crippen LogP contribution in [-0.2, 0) is 19.9 Å². The summed E-state index contributed by atoms with van der Waals surface area (Å²) < 4.78 is 51.8. The summed E-state index contributed by atoms with van der Waals surface area (Å²) in [5.41, 5.74) is 0. The fourth-order valence-electron chi connectivity index (χ4n) is 1.15. The van der Waals surface area contributed by atoms with Crippen molar-refractivity contribution in [3.05, 3.63) is 17.9 Å². The van der Waals surface area contributed by atoms with Crippen molar-refractivity contribution in [3.63, 3.8) is 0 Å². The molecule has 0 bridgehead atoms. The van der Waals surface area contributed by atoms with E-state index < -0.39 is 19.9 Å². The van der Waals surface area contributed by atoms with Crippen molar-refractivity contribution >= 4 is 26.1 Å². The minimum atomic E-state index is -3.84. The molecular formula is C9H13NO6S2. The zero-order chi connectivity index (χ0) is 13.8. The molecule has 102 valence electrons. The van der Waals surface area contributed by atoms with Crippen molar-refractivity contribution < 1.29 is 26.0 Å². The molecule has 0 aliphatic rings. The first-order valence-corrected chi connectivity index (χ1v) is 8.51. The van der Waals surface area contributed by atoms with Crippen molar-refractivity contribution in [3.8, 4) is 0 Å². The molecule has 0 unspecified atom stereocenters. The van der Waals surface area contributed by atoms with E-state index in [1.54, 1.807) is 0 Å². The maximum absolute atomic E-state index is 11.6. The molecular weight excluding hydrogens is 282 g/mol. The van der Waals surface area contributed by atoms with Crippen LogP contribution in [0.25, 0.3) is 0 Å². The second-order valence-corrected chi connectivity index (χ2v) is 7.61. The van der Waals surface area contributed by atoms with E-state index in [1.165, 1.54) is 6.07 Å². The number of rotatable bonds is 7. The number of carbonyl (C=O) groups excluding carboxylic acids is 1. The Kier molecular flexibility index (Phi) is 4.65. The molecule has 0 aromatic carbocycles. The van der Waals surface area contributed by atoms with E-state index in [0.717, 1.165) is 12.3 Å².